The van der Waals surface area contributed by atoms with Crippen LogP contribution in [0.4, 0.5) is 4.39 Å². The van der Waals surface area contributed by atoms with Gasteiger partial charge in [0.1, 0.15) is 10.7 Å². The fourth-order valence-electron chi connectivity index (χ4n) is 2.08. The molecule has 0 atom stereocenters. The van der Waals surface area contributed by atoms with Gasteiger partial charge in [-0.25, -0.2) is 12.8 Å². The van der Waals surface area contributed by atoms with Crippen molar-refractivity contribution in [2.75, 3.05) is 32.7 Å². The van der Waals surface area contributed by atoms with Crippen molar-refractivity contribution < 1.29 is 12.8 Å². The summed E-state index contributed by atoms with van der Waals surface area (Å²) in [6, 6.07) is 5.52. The van der Waals surface area contributed by atoms with Crippen LogP contribution in [0.1, 0.15) is 6.92 Å². The molecule has 0 amide bonds. The molecule has 1 heterocycles. The minimum atomic E-state index is -3.69. The molecular weight excluding hydrogens is 255 g/mol. The second-order valence-corrected chi connectivity index (χ2v) is 6.18. The molecule has 0 unspecified atom stereocenters. The topological polar surface area (TPSA) is 40.6 Å². The van der Waals surface area contributed by atoms with Gasteiger partial charge in [0.05, 0.1) is 0 Å². The van der Waals surface area contributed by atoms with Crippen LogP contribution in [0, 0.1) is 5.82 Å². The normalized spacial score (nSPS) is 19.0. The third kappa shape index (κ3) is 2.55. The highest BCUT2D eigenvalue weighted by molar-refractivity contribution is 7.89. The molecule has 0 aliphatic carbocycles. The van der Waals surface area contributed by atoms with Crippen LogP contribution in [0.25, 0.3) is 0 Å². The lowest BCUT2D eigenvalue weighted by atomic mass is 10.3. The molecule has 1 saturated heterocycles. The molecule has 1 aliphatic heterocycles. The molecule has 1 aliphatic rings. The Labute approximate surface area is 107 Å². The van der Waals surface area contributed by atoms with E-state index in [1.165, 1.54) is 28.6 Å². The standard InChI is InChI=1S/C12H17FN2O2S/c1-2-14-7-9-15(10-8-14)18(16,17)12-6-4-3-5-11(12)13/h3-6H,2,7-10H2,1H3. The minimum absolute atomic E-state index is 0.227. The van der Waals surface area contributed by atoms with Crippen LogP contribution in [0.15, 0.2) is 29.2 Å². The van der Waals surface area contributed by atoms with E-state index in [2.05, 4.69) is 4.90 Å². The monoisotopic (exact) mass is 272 g/mol. The van der Waals surface area contributed by atoms with Crippen LogP contribution in [-0.2, 0) is 10.0 Å². The molecule has 0 spiro atoms. The summed E-state index contributed by atoms with van der Waals surface area (Å²) in [6.07, 6.45) is 0. The highest BCUT2D eigenvalue weighted by atomic mass is 32.2. The van der Waals surface area contributed by atoms with E-state index < -0.39 is 15.8 Å². The molecule has 0 N–H and O–H groups in total. The second kappa shape index (κ2) is 5.34. The summed E-state index contributed by atoms with van der Waals surface area (Å²) in [5.74, 6) is -0.685. The Balaban J connectivity index is 2.20. The van der Waals surface area contributed by atoms with Crippen molar-refractivity contribution in [1.82, 2.24) is 9.21 Å². The van der Waals surface area contributed by atoms with E-state index in [1.807, 2.05) is 6.92 Å². The van der Waals surface area contributed by atoms with Gasteiger partial charge in [-0.15, -0.1) is 0 Å². The van der Waals surface area contributed by atoms with E-state index in [4.69, 9.17) is 0 Å². The molecule has 6 heteroatoms. The van der Waals surface area contributed by atoms with E-state index in [1.54, 1.807) is 0 Å². The lowest BCUT2D eigenvalue weighted by Crippen LogP contribution is -2.48. The van der Waals surface area contributed by atoms with Gasteiger partial charge in [-0.05, 0) is 18.7 Å². The van der Waals surface area contributed by atoms with Crippen molar-refractivity contribution in [1.29, 1.82) is 0 Å². The SMILES string of the molecule is CCN1CCN(S(=O)(=O)c2ccccc2F)CC1. The number of hydrogen-bond acceptors (Lipinski definition) is 3. The average molecular weight is 272 g/mol. The van der Waals surface area contributed by atoms with Crippen molar-refractivity contribution >= 4 is 10.0 Å². The number of nitrogens with zero attached hydrogens (tertiary/aromatic N) is 2. The van der Waals surface area contributed by atoms with E-state index in [0.29, 0.717) is 26.2 Å². The number of sulfonamides is 1. The summed E-state index contributed by atoms with van der Waals surface area (Å²) in [6.45, 7) is 5.19. The zero-order valence-electron chi connectivity index (χ0n) is 10.3. The maximum atomic E-state index is 13.6. The van der Waals surface area contributed by atoms with E-state index >= 15 is 0 Å². The summed E-state index contributed by atoms with van der Waals surface area (Å²) in [5.41, 5.74) is 0. The Hall–Kier alpha value is -0.980. The first-order valence-electron chi connectivity index (χ1n) is 6.02. The second-order valence-electron chi connectivity index (χ2n) is 4.27. The quantitative estimate of drug-likeness (QED) is 0.829. The lowest BCUT2D eigenvalue weighted by molar-refractivity contribution is 0.196. The minimum Gasteiger partial charge on any atom is -0.301 e. The predicted molar refractivity (Wildman–Crippen MR) is 67.3 cm³/mol. The Morgan fingerprint density at radius 3 is 2.33 bits per heavy atom. The number of piperazine rings is 1. The zero-order valence-corrected chi connectivity index (χ0v) is 11.2. The number of halogens is 1. The van der Waals surface area contributed by atoms with Crippen LogP contribution in [0.2, 0.25) is 0 Å². The molecule has 1 aromatic carbocycles. The van der Waals surface area contributed by atoms with Crippen molar-refractivity contribution in [2.45, 2.75) is 11.8 Å². The molecule has 18 heavy (non-hydrogen) atoms. The number of benzene rings is 1. The van der Waals surface area contributed by atoms with E-state index in [9.17, 15) is 12.8 Å². The predicted octanol–water partition coefficient (Wildman–Crippen LogP) is 1.15. The van der Waals surface area contributed by atoms with Crippen molar-refractivity contribution in [3.8, 4) is 0 Å². The first-order chi connectivity index (χ1) is 8.55. The van der Waals surface area contributed by atoms with Gasteiger partial charge in [0.25, 0.3) is 0 Å². The highest BCUT2D eigenvalue weighted by Crippen LogP contribution is 2.20. The average Bonchev–Trinajstić information content (AvgIpc) is 2.39. The van der Waals surface area contributed by atoms with Crippen molar-refractivity contribution in [2.24, 2.45) is 0 Å². The Bertz CT molecular complexity index is 511. The number of likely N-dealkylation sites (N-methyl/N-ethyl adjacent to an activating group) is 1. The molecular formula is C12H17FN2O2S. The number of hydrogen-bond donors (Lipinski definition) is 0. The van der Waals surface area contributed by atoms with E-state index in [-0.39, 0.29) is 4.90 Å². The zero-order chi connectivity index (χ0) is 13.2. The van der Waals surface area contributed by atoms with E-state index in [0.717, 1.165) is 6.54 Å². The van der Waals surface area contributed by atoms with Gasteiger partial charge >= 0.3 is 0 Å². The largest absolute Gasteiger partial charge is 0.301 e. The molecule has 2 rings (SSSR count). The molecule has 1 aromatic rings. The summed E-state index contributed by atoms with van der Waals surface area (Å²) in [7, 11) is -3.69. The van der Waals surface area contributed by atoms with Gasteiger partial charge in [-0.3, -0.25) is 0 Å². The van der Waals surface area contributed by atoms with Gasteiger partial charge in [0, 0.05) is 26.2 Å². The number of rotatable bonds is 3. The van der Waals surface area contributed by atoms with Crippen LogP contribution in [0.3, 0.4) is 0 Å². The molecule has 0 bridgehead atoms. The smallest absolute Gasteiger partial charge is 0.246 e. The molecule has 1 fully saturated rings. The molecule has 0 aromatic heterocycles. The summed E-state index contributed by atoms with van der Waals surface area (Å²) < 4.78 is 39.5. The first kappa shape index (κ1) is 13.5. The van der Waals surface area contributed by atoms with Gasteiger partial charge in [-0.2, -0.15) is 4.31 Å². The molecule has 4 nitrogen and oxygen atoms in total. The van der Waals surface area contributed by atoms with Crippen LogP contribution in [0.5, 0.6) is 0 Å². The fraction of sp³-hybridized carbons (Fsp3) is 0.500. The molecule has 100 valence electrons. The molecule has 0 radical (unpaired) electrons. The maximum Gasteiger partial charge on any atom is 0.246 e. The summed E-state index contributed by atoms with van der Waals surface area (Å²) in [4.78, 5) is 1.95. The first-order valence-corrected chi connectivity index (χ1v) is 7.46. The van der Waals surface area contributed by atoms with Crippen LogP contribution >= 0.6 is 0 Å². The summed E-state index contributed by atoms with van der Waals surface area (Å²) in [5, 5.41) is 0. The highest BCUT2D eigenvalue weighted by Gasteiger charge is 2.29. The lowest BCUT2D eigenvalue weighted by Gasteiger charge is -2.33. The third-order valence-corrected chi connectivity index (χ3v) is 5.16. The Kier molecular flexibility index (Phi) is 3.99. The third-order valence-electron chi connectivity index (χ3n) is 3.23. The van der Waals surface area contributed by atoms with Crippen molar-refractivity contribution in [3.05, 3.63) is 30.1 Å². The van der Waals surface area contributed by atoms with Gasteiger partial charge < -0.3 is 4.90 Å². The van der Waals surface area contributed by atoms with Gasteiger partial charge in [-0.1, -0.05) is 19.1 Å². The molecule has 0 saturated carbocycles. The fourth-order valence-corrected chi connectivity index (χ4v) is 3.57. The van der Waals surface area contributed by atoms with Gasteiger partial charge in [0.15, 0.2) is 0 Å². The summed E-state index contributed by atoms with van der Waals surface area (Å²) >= 11 is 0. The van der Waals surface area contributed by atoms with Gasteiger partial charge in [0.2, 0.25) is 10.0 Å². The Morgan fingerprint density at radius 1 is 1.17 bits per heavy atom. The maximum absolute atomic E-state index is 13.6. The Morgan fingerprint density at radius 2 is 1.78 bits per heavy atom. The van der Waals surface area contributed by atoms with Crippen LogP contribution in [-0.4, -0.2) is 50.3 Å². The van der Waals surface area contributed by atoms with Crippen molar-refractivity contribution in [3.63, 3.8) is 0 Å². The van der Waals surface area contributed by atoms with Crippen LogP contribution < -0.4 is 0 Å².